The predicted molar refractivity (Wildman–Crippen MR) is 177 cm³/mol. The Balaban J connectivity index is 0.000000727. The summed E-state index contributed by atoms with van der Waals surface area (Å²) in [6, 6.07) is 25.5. The van der Waals surface area contributed by atoms with Crippen LogP contribution in [0.2, 0.25) is 0 Å². The first kappa shape index (κ1) is 37.8. The van der Waals surface area contributed by atoms with E-state index in [1.165, 1.54) is 12.0 Å². The quantitative estimate of drug-likeness (QED) is 0.258. The van der Waals surface area contributed by atoms with Crippen molar-refractivity contribution in [3.63, 3.8) is 0 Å². The fourth-order valence-electron chi connectivity index (χ4n) is 6.50. The molecule has 4 atom stereocenters. The summed E-state index contributed by atoms with van der Waals surface area (Å²) in [6.07, 6.45) is -4.93. The number of benzene rings is 3. The maximum Gasteiger partial charge on any atom is 0.490 e. The Morgan fingerprint density at radius 1 is 0.880 bits per heavy atom. The molecule has 2 fully saturated rings. The topological polar surface area (TPSA) is 133 Å². The third kappa shape index (κ3) is 8.05. The van der Waals surface area contributed by atoms with Crippen LogP contribution >= 0.6 is 0 Å². The van der Waals surface area contributed by atoms with E-state index in [4.69, 9.17) is 14.6 Å². The van der Waals surface area contributed by atoms with Crippen LogP contribution in [-0.4, -0.2) is 83.0 Å². The standard InChI is InChI=1S/C35H39N3O5.C2HF3O2/c1-34(2,3)26-18-16-25(17-19-26)30(39)37(4)22-27-28-29(32(41)38(31(28)40)21-24-14-10-7-11-15-24)35(36-27,33(42)43-5)20-23-12-8-6-9-13-23;3-2(4,5)1(6)7/h6-19,27-29,36H,20-22H2,1-5H3;(H,6,7)/t27-,28+,29-,35-;/m1./s1. The maximum absolute atomic E-state index is 14.1. The second kappa shape index (κ2) is 14.8. The van der Waals surface area contributed by atoms with E-state index in [9.17, 15) is 32.3 Å². The highest BCUT2D eigenvalue weighted by Crippen LogP contribution is 2.46. The summed E-state index contributed by atoms with van der Waals surface area (Å²) in [5.74, 6) is -6.19. The van der Waals surface area contributed by atoms with Crippen LogP contribution in [0.3, 0.4) is 0 Å². The average molecular weight is 696 g/mol. The molecule has 2 saturated heterocycles. The zero-order valence-electron chi connectivity index (χ0n) is 28.4. The molecule has 13 heteroatoms. The summed E-state index contributed by atoms with van der Waals surface area (Å²) >= 11 is 0. The van der Waals surface area contributed by atoms with Gasteiger partial charge in [-0.25, -0.2) is 4.79 Å². The number of nitrogens with one attached hydrogen (secondary N) is 1. The van der Waals surface area contributed by atoms with Crippen LogP contribution in [0.1, 0.15) is 47.8 Å². The molecule has 266 valence electrons. The van der Waals surface area contributed by atoms with Gasteiger partial charge < -0.3 is 14.7 Å². The largest absolute Gasteiger partial charge is 0.490 e. The maximum atomic E-state index is 14.1. The molecule has 0 unspecified atom stereocenters. The molecule has 2 aliphatic heterocycles. The minimum absolute atomic E-state index is 0.0484. The fraction of sp³-hybridized carbons (Fsp3) is 0.378. The van der Waals surface area contributed by atoms with Gasteiger partial charge in [-0.1, -0.05) is 93.6 Å². The monoisotopic (exact) mass is 695 g/mol. The van der Waals surface area contributed by atoms with E-state index in [1.54, 1.807) is 11.9 Å². The summed E-state index contributed by atoms with van der Waals surface area (Å²) in [5.41, 5.74) is 1.74. The Morgan fingerprint density at radius 2 is 1.40 bits per heavy atom. The van der Waals surface area contributed by atoms with Crippen molar-refractivity contribution < 1.29 is 47.0 Å². The molecule has 3 aromatic rings. The van der Waals surface area contributed by atoms with Gasteiger partial charge >= 0.3 is 18.1 Å². The molecule has 10 nitrogen and oxygen atoms in total. The van der Waals surface area contributed by atoms with Crippen molar-refractivity contribution >= 4 is 29.7 Å². The number of fused-ring (bicyclic) bond motifs is 1. The van der Waals surface area contributed by atoms with E-state index >= 15 is 0 Å². The highest BCUT2D eigenvalue weighted by molar-refractivity contribution is 6.09. The number of hydrogen-bond acceptors (Lipinski definition) is 7. The molecule has 0 aliphatic carbocycles. The number of likely N-dealkylation sites (tertiary alicyclic amines) is 1. The van der Waals surface area contributed by atoms with E-state index < -0.39 is 47.4 Å². The van der Waals surface area contributed by atoms with Crippen molar-refractivity contribution in [2.75, 3.05) is 20.7 Å². The Morgan fingerprint density at radius 3 is 1.88 bits per heavy atom. The summed E-state index contributed by atoms with van der Waals surface area (Å²) in [4.78, 5) is 67.0. The van der Waals surface area contributed by atoms with Crippen LogP contribution in [0.5, 0.6) is 0 Å². The van der Waals surface area contributed by atoms with Crippen molar-refractivity contribution in [1.82, 2.24) is 15.1 Å². The van der Waals surface area contributed by atoms with E-state index in [1.807, 2.05) is 84.9 Å². The van der Waals surface area contributed by atoms with Gasteiger partial charge in [0.15, 0.2) is 0 Å². The molecule has 0 aromatic heterocycles. The number of ether oxygens (including phenoxy) is 1. The minimum atomic E-state index is -5.08. The highest BCUT2D eigenvalue weighted by Gasteiger charge is 2.68. The van der Waals surface area contributed by atoms with Gasteiger partial charge in [0.2, 0.25) is 11.8 Å². The first-order chi connectivity index (χ1) is 23.4. The van der Waals surface area contributed by atoms with Crippen LogP contribution in [0.15, 0.2) is 84.9 Å². The number of halogens is 3. The predicted octanol–water partition coefficient (Wildman–Crippen LogP) is 4.62. The molecule has 2 aliphatic rings. The molecule has 3 aromatic carbocycles. The molecule has 0 bridgehead atoms. The van der Waals surface area contributed by atoms with Crippen LogP contribution in [0, 0.1) is 11.8 Å². The van der Waals surface area contributed by atoms with Crippen molar-refractivity contribution in [2.24, 2.45) is 11.8 Å². The van der Waals surface area contributed by atoms with E-state index in [-0.39, 0.29) is 36.7 Å². The van der Waals surface area contributed by atoms with Crippen LogP contribution in [-0.2, 0) is 42.3 Å². The van der Waals surface area contributed by atoms with E-state index in [0.717, 1.165) is 16.7 Å². The SMILES string of the molecule is COC(=O)[C@]1(Cc2ccccc2)N[C@H](CN(C)C(=O)c2ccc(C(C)(C)C)cc2)[C@@H]2C(=O)N(Cc3ccccc3)C(=O)[C@@H]21.O=C(O)C(F)(F)F. The molecule has 0 spiro atoms. The Hall–Kier alpha value is -5.04. The molecular formula is C37H40F3N3O7. The summed E-state index contributed by atoms with van der Waals surface area (Å²) in [6.45, 7) is 6.56. The number of likely N-dealkylation sites (N-methyl/N-ethyl adjacent to an activating group) is 1. The number of methoxy groups -OCH3 is 1. The van der Waals surface area contributed by atoms with Crippen molar-refractivity contribution in [3.8, 4) is 0 Å². The normalized spacial score (nSPS) is 21.6. The van der Waals surface area contributed by atoms with Gasteiger partial charge in [-0.15, -0.1) is 0 Å². The number of carbonyl (C=O) groups excluding carboxylic acids is 4. The summed E-state index contributed by atoms with van der Waals surface area (Å²) in [5, 5.41) is 10.5. The minimum Gasteiger partial charge on any atom is -0.475 e. The number of imide groups is 1. The lowest BCUT2D eigenvalue weighted by molar-refractivity contribution is -0.192. The number of carboxylic acids is 1. The number of amides is 3. The lowest BCUT2D eigenvalue weighted by Gasteiger charge is -2.33. The number of alkyl halides is 3. The van der Waals surface area contributed by atoms with Gasteiger partial charge in [0.25, 0.3) is 5.91 Å². The molecule has 2 N–H and O–H groups in total. The lowest BCUT2D eigenvalue weighted by Crippen LogP contribution is -2.59. The smallest absolute Gasteiger partial charge is 0.475 e. The molecule has 0 radical (unpaired) electrons. The first-order valence-corrected chi connectivity index (χ1v) is 15.9. The Kier molecular flexibility index (Phi) is 11.2. The lowest BCUT2D eigenvalue weighted by atomic mass is 9.76. The number of rotatable bonds is 8. The first-order valence-electron chi connectivity index (χ1n) is 15.9. The van der Waals surface area contributed by atoms with Crippen molar-refractivity contribution in [1.29, 1.82) is 0 Å². The van der Waals surface area contributed by atoms with E-state index in [2.05, 4.69) is 26.1 Å². The number of hydrogen-bond donors (Lipinski definition) is 2. The molecular weight excluding hydrogens is 655 g/mol. The number of esters is 1. The highest BCUT2D eigenvalue weighted by atomic mass is 19.4. The van der Waals surface area contributed by atoms with Crippen molar-refractivity contribution in [2.45, 2.75) is 56.9 Å². The van der Waals surface area contributed by atoms with E-state index in [0.29, 0.717) is 5.56 Å². The zero-order chi connectivity index (χ0) is 37.0. The van der Waals surface area contributed by atoms with Gasteiger partial charge in [-0.2, -0.15) is 13.2 Å². The number of carboxylic acid groups (broad SMARTS) is 1. The Labute approximate surface area is 288 Å². The zero-order valence-corrected chi connectivity index (χ0v) is 28.4. The summed E-state index contributed by atoms with van der Waals surface area (Å²) in [7, 11) is 2.97. The Bertz CT molecular complexity index is 1710. The third-order valence-electron chi connectivity index (χ3n) is 8.97. The molecule has 2 heterocycles. The van der Waals surface area contributed by atoms with Gasteiger partial charge in [0.1, 0.15) is 5.54 Å². The van der Waals surface area contributed by atoms with Crippen LogP contribution in [0.25, 0.3) is 0 Å². The van der Waals surface area contributed by atoms with Crippen LogP contribution in [0.4, 0.5) is 13.2 Å². The molecule has 0 saturated carbocycles. The van der Waals surface area contributed by atoms with Crippen molar-refractivity contribution in [3.05, 3.63) is 107 Å². The van der Waals surface area contributed by atoms with Gasteiger partial charge in [0, 0.05) is 31.6 Å². The third-order valence-corrected chi connectivity index (χ3v) is 8.97. The summed E-state index contributed by atoms with van der Waals surface area (Å²) < 4.78 is 37.0. The number of nitrogens with zero attached hydrogens (tertiary/aromatic N) is 2. The second-order valence-corrected chi connectivity index (χ2v) is 13.4. The fourth-order valence-corrected chi connectivity index (χ4v) is 6.50. The molecule has 50 heavy (non-hydrogen) atoms. The number of carbonyl (C=O) groups is 5. The van der Waals surface area contributed by atoms with Gasteiger partial charge in [-0.3, -0.25) is 29.4 Å². The van der Waals surface area contributed by atoms with Crippen LogP contribution < -0.4 is 5.32 Å². The van der Waals surface area contributed by atoms with Gasteiger partial charge in [0.05, 0.1) is 25.5 Å². The molecule has 5 rings (SSSR count). The second-order valence-electron chi connectivity index (χ2n) is 13.4. The molecule has 3 amide bonds. The number of aliphatic carboxylic acids is 1. The van der Waals surface area contributed by atoms with Gasteiger partial charge in [-0.05, 0) is 34.2 Å². The average Bonchev–Trinajstić information content (AvgIpc) is 3.52.